The summed E-state index contributed by atoms with van der Waals surface area (Å²) in [6.07, 6.45) is 13.4. The van der Waals surface area contributed by atoms with Gasteiger partial charge in [-0.2, -0.15) is 0 Å². The molecule has 0 spiro atoms. The van der Waals surface area contributed by atoms with E-state index in [9.17, 15) is 13.5 Å². The molecule has 11 nitrogen and oxygen atoms in total. The number of nitrogens with zero attached hydrogens (tertiary/aromatic N) is 5. The molecular formula is C33H43N7O4S. The molecule has 1 saturated carbocycles. The van der Waals surface area contributed by atoms with Crippen LogP contribution in [0.4, 0.5) is 11.4 Å². The van der Waals surface area contributed by atoms with Gasteiger partial charge in [0.05, 0.1) is 16.7 Å². The van der Waals surface area contributed by atoms with Crippen molar-refractivity contribution in [3.63, 3.8) is 0 Å². The van der Waals surface area contributed by atoms with Crippen LogP contribution in [-0.2, 0) is 16.4 Å². The number of rotatable bonds is 13. The molecule has 2 aliphatic heterocycles. The number of hydrogen-bond acceptors (Lipinski definition) is 10. The van der Waals surface area contributed by atoms with E-state index in [0.717, 1.165) is 54.3 Å². The molecule has 2 atom stereocenters. The van der Waals surface area contributed by atoms with Crippen LogP contribution in [0.1, 0.15) is 68.6 Å². The number of pyridine rings is 1. The van der Waals surface area contributed by atoms with Crippen LogP contribution in [0.5, 0.6) is 5.75 Å². The Morgan fingerprint density at radius 1 is 1.02 bits per heavy atom. The molecule has 0 saturated heterocycles. The van der Waals surface area contributed by atoms with Gasteiger partial charge in [0, 0.05) is 43.3 Å². The summed E-state index contributed by atoms with van der Waals surface area (Å²) in [6, 6.07) is 15.8. The number of aromatic nitrogens is 1. The lowest BCUT2D eigenvalue weighted by molar-refractivity contribution is 0.146. The number of hydrogen-bond donors (Lipinski definition) is 3. The van der Waals surface area contributed by atoms with Gasteiger partial charge in [-0.25, -0.2) is 13.4 Å². The zero-order valence-corrected chi connectivity index (χ0v) is 26.4. The first kappa shape index (κ1) is 31.3. The Kier molecular flexibility index (Phi) is 10.1. The van der Waals surface area contributed by atoms with Crippen LogP contribution in [-0.4, -0.2) is 55.9 Å². The summed E-state index contributed by atoms with van der Waals surface area (Å²) in [5.74, 6) is 1.61. The van der Waals surface area contributed by atoms with E-state index in [4.69, 9.17) is 4.74 Å². The van der Waals surface area contributed by atoms with E-state index in [2.05, 4.69) is 25.5 Å². The molecule has 2 aromatic carbocycles. The average molecular weight is 634 g/mol. The van der Waals surface area contributed by atoms with E-state index in [0.29, 0.717) is 25.4 Å². The van der Waals surface area contributed by atoms with Gasteiger partial charge in [-0.05, 0) is 90.9 Å². The maximum atomic E-state index is 13.2. The van der Waals surface area contributed by atoms with Crippen molar-refractivity contribution in [1.82, 2.24) is 15.3 Å². The zero-order chi connectivity index (χ0) is 31.1. The van der Waals surface area contributed by atoms with Crippen molar-refractivity contribution in [2.24, 2.45) is 16.4 Å². The maximum absolute atomic E-state index is 13.2. The Labute approximate surface area is 265 Å². The summed E-state index contributed by atoms with van der Waals surface area (Å²) >= 11 is 0. The molecular weight excluding hydrogens is 590 g/mol. The second kappa shape index (κ2) is 14.6. The number of nitrogens with one attached hydrogen (secondary N) is 2. The fourth-order valence-corrected chi connectivity index (χ4v) is 7.39. The summed E-state index contributed by atoms with van der Waals surface area (Å²) in [4.78, 5) is 4.23. The lowest BCUT2D eigenvalue weighted by atomic mass is 9.86. The lowest BCUT2D eigenvalue weighted by Crippen LogP contribution is -2.36. The molecule has 45 heavy (non-hydrogen) atoms. The number of sulfonamides is 1. The van der Waals surface area contributed by atoms with Gasteiger partial charge >= 0.3 is 0 Å². The summed E-state index contributed by atoms with van der Waals surface area (Å²) in [6.45, 7) is 2.45. The number of anilines is 2. The van der Waals surface area contributed by atoms with E-state index in [1.165, 1.54) is 38.5 Å². The predicted molar refractivity (Wildman–Crippen MR) is 173 cm³/mol. The average Bonchev–Trinajstić information content (AvgIpc) is 3.54. The summed E-state index contributed by atoms with van der Waals surface area (Å²) in [7, 11) is -3.78. The Bertz CT molecular complexity index is 1530. The van der Waals surface area contributed by atoms with Gasteiger partial charge in [-0.1, -0.05) is 43.4 Å². The molecule has 6 rings (SSSR count). The Morgan fingerprint density at radius 3 is 2.67 bits per heavy atom. The topological polar surface area (TPSA) is 132 Å². The van der Waals surface area contributed by atoms with Crippen LogP contribution in [0.2, 0.25) is 0 Å². The number of aliphatic hydroxyl groups excluding tert-OH is 1. The number of fused-ring (bicyclic) bond motifs is 1. The molecule has 240 valence electrons. The van der Waals surface area contributed by atoms with E-state index in [-0.39, 0.29) is 11.0 Å². The molecule has 12 heteroatoms. The molecule has 1 fully saturated rings. The van der Waals surface area contributed by atoms with Crippen molar-refractivity contribution in [3.05, 3.63) is 78.1 Å². The highest BCUT2D eigenvalue weighted by Crippen LogP contribution is 2.32. The van der Waals surface area contributed by atoms with E-state index >= 15 is 0 Å². The molecule has 3 heterocycles. The van der Waals surface area contributed by atoms with E-state index in [1.807, 2.05) is 23.2 Å². The fourth-order valence-electron chi connectivity index (χ4n) is 6.34. The number of benzene rings is 2. The van der Waals surface area contributed by atoms with Crippen molar-refractivity contribution in [1.29, 1.82) is 0 Å². The molecule has 0 unspecified atom stereocenters. The first-order valence-corrected chi connectivity index (χ1v) is 17.6. The van der Waals surface area contributed by atoms with Crippen molar-refractivity contribution in [2.75, 3.05) is 36.0 Å². The Hall–Kier alpha value is -3.74. The molecule has 0 amide bonds. The Balaban J connectivity index is 0.963. The maximum Gasteiger partial charge on any atom is 0.261 e. The molecule has 3 aliphatic rings. The molecule has 1 aliphatic carbocycles. The lowest BCUT2D eigenvalue weighted by Gasteiger charge is -2.27. The third-order valence-electron chi connectivity index (χ3n) is 8.89. The zero-order valence-electron chi connectivity index (χ0n) is 25.6. The Morgan fingerprint density at radius 2 is 1.87 bits per heavy atom. The molecule has 1 aromatic heterocycles. The van der Waals surface area contributed by atoms with Crippen LogP contribution in [0.15, 0.2) is 82.3 Å². The highest BCUT2D eigenvalue weighted by molar-refractivity contribution is 7.92. The highest BCUT2D eigenvalue weighted by atomic mass is 32.2. The number of ether oxygens (including phenoxy) is 1. The van der Waals surface area contributed by atoms with Crippen molar-refractivity contribution in [2.45, 2.75) is 74.9 Å². The van der Waals surface area contributed by atoms with Gasteiger partial charge in [0.1, 0.15) is 18.5 Å². The molecule has 3 aromatic rings. The van der Waals surface area contributed by atoms with Crippen LogP contribution >= 0.6 is 0 Å². The van der Waals surface area contributed by atoms with Gasteiger partial charge in [-0.15, -0.1) is 0 Å². The summed E-state index contributed by atoms with van der Waals surface area (Å²) < 4.78 is 35.2. The second-order valence-electron chi connectivity index (χ2n) is 12.3. The van der Waals surface area contributed by atoms with Gasteiger partial charge in [0.2, 0.25) is 0 Å². The standard InChI is InChI=1S/C33H43N7O4S/c41-32(27-9-4-18-34-21-27)23-35-22-30-14-10-26-20-28(11-17-33(26)44-30)36-45(42,43)31-15-12-29(13-16-31)40-24-39(37-38-40)19-5-8-25-6-2-1-3-7-25/h4,9,11-13,15-18,20-21,25,30,32,35-36,41H,1-3,5-8,10,14,19,22-24H2/t30-,32+/m1/s1. The van der Waals surface area contributed by atoms with E-state index < -0.39 is 16.1 Å². The quantitative estimate of drug-likeness (QED) is 0.221. The van der Waals surface area contributed by atoms with Crippen LogP contribution in [0.3, 0.4) is 0 Å². The predicted octanol–water partition coefficient (Wildman–Crippen LogP) is 5.62. The van der Waals surface area contributed by atoms with Gasteiger partial charge in [0.15, 0.2) is 0 Å². The minimum absolute atomic E-state index is 0.0385. The summed E-state index contributed by atoms with van der Waals surface area (Å²) in [5, 5.41) is 26.0. The molecule has 0 radical (unpaired) electrons. The van der Waals surface area contributed by atoms with Crippen molar-refractivity contribution < 1.29 is 18.3 Å². The summed E-state index contributed by atoms with van der Waals surface area (Å²) in [5.41, 5.74) is 3.02. The van der Waals surface area contributed by atoms with Gasteiger partial charge in [0.25, 0.3) is 10.0 Å². The monoisotopic (exact) mass is 633 g/mol. The van der Waals surface area contributed by atoms with Gasteiger partial charge in [-0.3, -0.25) is 14.7 Å². The number of aryl methyl sites for hydroxylation is 1. The van der Waals surface area contributed by atoms with Crippen LogP contribution < -0.4 is 19.8 Å². The van der Waals surface area contributed by atoms with Crippen molar-refractivity contribution >= 4 is 21.4 Å². The second-order valence-corrected chi connectivity index (χ2v) is 13.9. The normalized spacial score (nSPS) is 19.3. The smallest absolute Gasteiger partial charge is 0.261 e. The van der Waals surface area contributed by atoms with E-state index in [1.54, 1.807) is 53.8 Å². The third-order valence-corrected chi connectivity index (χ3v) is 10.3. The largest absolute Gasteiger partial charge is 0.489 e. The van der Waals surface area contributed by atoms with Gasteiger partial charge < -0.3 is 15.2 Å². The van der Waals surface area contributed by atoms with Crippen LogP contribution in [0.25, 0.3) is 0 Å². The number of aliphatic hydroxyl groups is 1. The first-order chi connectivity index (χ1) is 21.9. The molecule has 3 N–H and O–H groups in total. The van der Waals surface area contributed by atoms with Crippen molar-refractivity contribution in [3.8, 4) is 5.75 Å². The molecule has 0 bridgehead atoms. The minimum atomic E-state index is -3.78. The SMILES string of the molecule is O=S(=O)(Nc1ccc2c(c1)CC[C@H](CNC[C@H](O)c1cccnc1)O2)c1ccc(N2CN(CCCC3CCCCC3)N=N2)cc1. The fraction of sp³-hybridized carbons (Fsp3) is 0.485. The first-order valence-electron chi connectivity index (χ1n) is 16.1. The third kappa shape index (κ3) is 8.30. The minimum Gasteiger partial charge on any atom is -0.489 e. The highest BCUT2D eigenvalue weighted by Gasteiger charge is 2.23. The van der Waals surface area contributed by atoms with Crippen LogP contribution in [0, 0.1) is 5.92 Å².